The number of nitro groups is 1. The summed E-state index contributed by atoms with van der Waals surface area (Å²) in [5, 5.41) is 13.9. The quantitative estimate of drug-likeness (QED) is 0.109. The minimum absolute atomic E-state index is 0.0491. The van der Waals surface area contributed by atoms with E-state index in [4.69, 9.17) is 18.9 Å². The number of hydrogen-bond donors (Lipinski definition) is 1. The van der Waals surface area contributed by atoms with Gasteiger partial charge in [-0.3, -0.25) is 25.0 Å². The number of allylic oxidation sites excluding steroid dienone is 1. The van der Waals surface area contributed by atoms with Crippen molar-refractivity contribution in [3.63, 3.8) is 0 Å². The van der Waals surface area contributed by atoms with Gasteiger partial charge in [0.05, 0.1) is 36.5 Å². The number of benzene rings is 3. The third kappa shape index (κ3) is 6.35. The van der Waals surface area contributed by atoms with E-state index in [2.05, 4.69) is 10.3 Å². The number of ether oxygens (including phenoxy) is 4. The number of non-ortho nitro benzene ring substituents is 1. The Bertz CT molecular complexity index is 1600. The van der Waals surface area contributed by atoms with Gasteiger partial charge in [-0.25, -0.2) is 4.98 Å². The van der Waals surface area contributed by atoms with Crippen LogP contribution in [0.2, 0.25) is 0 Å². The van der Waals surface area contributed by atoms with Crippen LogP contribution < -0.4 is 24.3 Å². The van der Waals surface area contributed by atoms with E-state index in [-0.39, 0.29) is 18.1 Å². The molecule has 0 bridgehead atoms. The van der Waals surface area contributed by atoms with E-state index in [1.165, 1.54) is 45.6 Å². The fourth-order valence-corrected chi connectivity index (χ4v) is 4.66. The lowest BCUT2D eigenvalue weighted by molar-refractivity contribution is -0.384. The lowest BCUT2D eigenvalue weighted by Crippen LogP contribution is -2.20. The molecule has 0 saturated heterocycles. The van der Waals surface area contributed by atoms with Gasteiger partial charge in [-0.15, -0.1) is 0 Å². The number of ketones is 1. The molecule has 4 rings (SSSR count). The van der Waals surface area contributed by atoms with Crippen LogP contribution in [-0.4, -0.2) is 49.5 Å². The number of nitrogens with one attached hydrogen (secondary N) is 1. The molecule has 40 heavy (non-hydrogen) atoms. The number of anilines is 1. The van der Waals surface area contributed by atoms with Gasteiger partial charge < -0.3 is 18.9 Å². The minimum atomic E-state index is -0.486. The van der Waals surface area contributed by atoms with Crippen molar-refractivity contribution in [3.8, 4) is 23.0 Å². The highest BCUT2D eigenvalue weighted by atomic mass is 32.1. The standard InChI is InChI=1S/C28H25N3O8S/c1-16-5-6-17(7-10-21(32)18-12-23(36-2)27(38-4)24(13-18)37-3)11-22(16)39-15-26(33)30-28-29-20-9-8-19(31(34)35)14-25(20)40-28/h5-14H,15H2,1-4H3,(H,29,30,33)/b10-7+. The van der Waals surface area contributed by atoms with Crippen LogP contribution in [0.15, 0.2) is 54.6 Å². The molecule has 0 spiro atoms. The summed E-state index contributed by atoms with van der Waals surface area (Å²) >= 11 is 1.13. The van der Waals surface area contributed by atoms with Crippen molar-refractivity contribution in [2.75, 3.05) is 33.3 Å². The molecule has 0 aliphatic heterocycles. The van der Waals surface area contributed by atoms with Gasteiger partial charge in [0.15, 0.2) is 29.0 Å². The Labute approximate surface area is 233 Å². The Morgan fingerprint density at radius 3 is 2.38 bits per heavy atom. The van der Waals surface area contributed by atoms with E-state index in [9.17, 15) is 19.7 Å². The Morgan fingerprint density at radius 2 is 1.73 bits per heavy atom. The Hall–Kier alpha value is -4.97. The monoisotopic (exact) mass is 563 g/mol. The van der Waals surface area contributed by atoms with Crippen LogP contribution in [0.1, 0.15) is 21.5 Å². The van der Waals surface area contributed by atoms with E-state index < -0.39 is 10.8 Å². The Kier molecular flexibility index (Phi) is 8.60. The molecule has 206 valence electrons. The summed E-state index contributed by atoms with van der Waals surface area (Å²) in [6.07, 6.45) is 3.05. The molecular formula is C28H25N3O8S. The summed E-state index contributed by atoms with van der Waals surface area (Å²) in [6.45, 7) is 1.55. The van der Waals surface area contributed by atoms with E-state index in [0.29, 0.717) is 49.5 Å². The number of aromatic nitrogens is 1. The summed E-state index contributed by atoms with van der Waals surface area (Å²) in [7, 11) is 4.43. The van der Waals surface area contributed by atoms with Gasteiger partial charge in [0.1, 0.15) is 5.75 Å². The Morgan fingerprint density at radius 1 is 1.00 bits per heavy atom. The number of hydrogen-bond acceptors (Lipinski definition) is 10. The van der Waals surface area contributed by atoms with E-state index in [0.717, 1.165) is 16.9 Å². The molecule has 0 saturated carbocycles. The fraction of sp³-hybridized carbons (Fsp3) is 0.179. The van der Waals surface area contributed by atoms with Gasteiger partial charge in [-0.1, -0.05) is 29.5 Å². The van der Waals surface area contributed by atoms with Crippen molar-refractivity contribution < 1.29 is 33.5 Å². The third-order valence-corrected chi connectivity index (χ3v) is 6.71. The van der Waals surface area contributed by atoms with Gasteiger partial charge in [0, 0.05) is 17.7 Å². The van der Waals surface area contributed by atoms with Gasteiger partial charge in [0.25, 0.3) is 11.6 Å². The van der Waals surface area contributed by atoms with E-state index in [1.54, 1.807) is 24.3 Å². The topological polar surface area (TPSA) is 139 Å². The second-order valence-electron chi connectivity index (χ2n) is 8.40. The van der Waals surface area contributed by atoms with Crippen LogP contribution in [0.5, 0.6) is 23.0 Å². The van der Waals surface area contributed by atoms with Crippen LogP contribution >= 0.6 is 11.3 Å². The zero-order valence-corrected chi connectivity index (χ0v) is 22.9. The van der Waals surface area contributed by atoms with Crippen LogP contribution in [0.25, 0.3) is 16.3 Å². The smallest absolute Gasteiger partial charge is 0.270 e. The number of aryl methyl sites for hydroxylation is 1. The first-order chi connectivity index (χ1) is 19.2. The van der Waals surface area contributed by atoms with Crippen LogP contribution in [0.3, 0.4) is 0 Å². The number of fused-ring (bicyclic) bond motifs is 1. The number of nitro benzene ring substituents is 1. The molecule has 4 aromatic rings. The molecule has 0 radical (unpaired) electrons. The predicted molar refractivity (Wildman–Crippen MR) is 151 cm³/mol. The van der Waals surface area contributed by atoms with Gasteiger partial charge in [0.2, 0.25) is 5.75 Å². The highest BCUT2D eigenvalue weighted by molar-refractivity contribution is 7.22. The van der Waals surface area contributed by atoms with Gasteiger partial charge >= 0.3 is 0 Å². The SMILES string of the molecule is COc1cc(C(=O)/C=C/c2ccc(C)c(OCC(=O)Nc3nc4ccc([N+](=O)[O-])cc4s3)c2)cc(OC)c1OC. The fourth-order valence-electron chi connectivity index (χ4n) is 3.75. The molecule has 12 heteroatoms. The van der Waals surface area contributed by atoms with Crippen molar-refractivity contribution in [1.82, 2.24) is 4.98 Å². The largest absolute Gasteiger partial charge is 0.493 e. The first-order valence-corrected chi connectivity index (χ1v) is 12.6. The zero-order valence-electron chi connectivity index (χ0n) is 22.0. The number of methoxy groups -OCH3 is 3. The molecule has 0 fully saturated rings. The maximum atomic E-state index is 12.8. The van der Waals surface area contributed by atoms with Gasteiger partial charge in [-0.05, 0) is 48.4 Å². The van der Waals surface area contributed by atoms with Crippen molar-refractivity contribution in [2.24, 2.45) is 0 Å². The molecule has 1 N–H and O–H groups in total. The van der Waals surface area contributed by atoms with Gasteiger partial charge in [-0.2, -0.15) is 0 Å². The first kappa shape index (κ1) is 28.0. The second-order valence-corrected chi connectivity index (χ2v) is 9.43. The molecular weight excluding hydrogens is 538 g/mol. The normalized spacial score (nSPS) is 10.9. The van der Waals surface area contributed by atoms with Crippen LogP contribution in [0, 0.1) is 17.0 Å². The van der Waals surface area contributed by atoms with Crippen molar-refractivity contribution in [2.45, 2.75) is 6.92 Å². The summed E-state index contributed by atoms with van der Waals surface area (Å²) in [5.74, 6) is 0.888. The minimum Gasteiger partial charge on any atom is -0.493 e. The van der Waals surface area contributed by atoms with Crippen LogP contribution in [-0.2, 0) is 4.79 Å². The average Bonchev–Trinajstić information content (AvgIpc) is 3.36. The average molecular weight is 564 g/mol. The molecule has 0 atom stereocenters. The number of amides is 1. The Balaban J connectivity index is 1.42. The van der Waals surface area contributed by atoms with Crippen molar-refractivity contribution in [3.05, 3.63) is 81.4 Å². The number of carbonyl (C=O) groups is 2. The van der Waals surface area contributed by atoms with Crippen molar-refractivity contribution >= 4 is 50.1 Å². The third-order valence-electron chi connectivity index (χ3n) is 5.78. The lowest BCUT2D eigenvalue weighted by Gasteiger charge is -2.13. The molecule has 0 aliphatic rings. The summed E-state index contributed by atoms with van der Waals surface area (Å²) in [5.41, 5.74) is 2.34. The first-order valence-electron chi connectivity index (χ1n) is 11.8. The highest BCUT2D eigenvalue weighted by Crippen LogP contribution is 2.38. The lowest BCUT2D eigenvalue weighted by atomic mass is 10.1. The maximum Gasteiger partial charge on any atom is 0.270 e. The summed E-state index contributed by atoms with van der Waals surface area (Å²) in [4.78, 5) is 40.1. The predicted octanol–water partition coefficient (Wildman–Crippen LogP) is 5.45. The summed E-state index contributed by atoms with van der Waals surface area (Å²) in [6, 6.07) is 12.8. The van der Waals surface area contributed by atoms with Crippen molar-refractivity contribution in [1.29, 1.82) is 0 Å². The number of nitrogens with zero attached hydrogens (tertiary/aromatic N) is 2. The molecule has 1 heterocycles. The molecule has 1 aromatic heterocycles. The molecule has 0 unspecified atom stereocenters. The molecule has 11 nitrogen and oxygen atoms in total. The second kappa shape index (κ2) is 12.3. The maximum absolute atomic E-state index is 12.8. The molecule has 0 aliphatic carbocycles. The number of carbonyl (C=O) groups excluding carboxylic acids is 2. The molecule has 1 amide bonds. The van der Waals surface area contributed by atoms with E-state index in [1.807, 2.05) is 19.1 Å². The zero-order chi connectivity index (χ0) is 28.8. The van der Waals surface area contributed by atoms with E-state index >= 15 is 0 Å². The summed E-state index contributed by atoms with van der Waals surface area (Å²) < 4.78 is 22.2. The number of thiazole rings is 1. The van der Waals surface area contributed by atoms with Crippen LogP contribution in [0.4, 0.5) is 10.8 Å². The highest BCUT2D eigenvalue weighted by Gasteiger charge is 2.16. The number of rotatable bonds is 11. The molecule has 3 aromatic carbocycles.